The van der Waals surface area contributed by atoms with Gasteiger partial charge in [-0.15, -0.1) is 0 Å². The number of carboxylic acid groups (broad SMARTS) is 1. The second kappa shape index (κ2) is 7.09. The summed E-state index contributed by atoms with van der Waals surface area (Å²) < 4.78 is 0. The molecule has 0 aromatic carbocycles. The Labute approximate surface area is 96.8 Å². The van der Waals surface area contributed by atoms with Gasteiger partial charge >= 0.3 is 12.0 Å². The maximum Gasteiger partial charge on any atom is 0.317 e. The van der Waals surface area contributed by atoms with Gasteiger partial charge in [0, 0.05) is 26.1 Å². The number of hydrogen-bond donors (Lipinski definition) is 2. The molecule has 0 spiro atoms. The lowest BCUT2D eigenvalue weighted by Gasteiger charge is -2.23. The molecule has 5 heteroatoms. The van der Waals surface area contributed by atoms with Gasteiger partial charge in [0.15, 0.2) is 0 Å². The summed E-state index contributed by atoms with van der Waals surface area (Å²) in [5.74, 6) is -0.444. The SMILES string of the molecule is CC(C)C(C)NC(=O)N(C)CCCC(=O)O. The van der Waals surface area contributed by atoms with E-state index in [1.807, 2.05) is 20.8 Å². The number of aliphatic carboxylic acids is 1. The van der Waals surface area contributed by atoms with Crippen molar-refractivity contribution >= 4 is 12.0 Å². The molecule has 0 radical (unpaired) electrons. The fourth-order valence-electron chi connectivity index (χ4n) is 1.04. The Balaban J connectivity index is 3.86. The van der Waals surface area contributed by atoms with E-state index in [1.54, 1.807) is 7.05 Å². The third kappa shape index (κ3) is 6.27. The van der Waals surface area contributed by atoms with Gasteiger partial charge in [-0.1, -0.05) is 13.8 Å². The van der Waals surface area contributed by atoms with Crippen LogP contribution in [0.1, 0.15) is 33.6 Å². The molecule has 0 aromatic heterocycles. The molecule has 0 aliphatic carbocycles. The largest absolute Gasteiger partial charge is 0.481 e. The minimum absolute atomic E-state index is 0.0946. The summed E-state index contributed by atoms with van der Waals surface area (Å²) in [4.78, 5) is 23.4. The molecule has 0 saturated heterocycles. The van der Waals surface area contributed by atoms with E-state index in [9.17, 15) is 9.59 Å². The number of rotatable bonds is 6. The van der Waals surface area contributed by atoms with Gasteiger partial charge < -0.3 is 15.3 Å². The average Bonchev–Trinajstić information content (AvgIpc) is 2.16. The van der Waals surface area contributed by atoms with Crippen molar-refractivity contribution in [2.75, 3.05) is 13.6 Å². The Morgan fingerprint density at radius 3 is 2.31 bits per heavy atom. The number of urea groups is 1. The van der Waals surface area contributed by atoms with Crippen LogP contribution in [0, 0.1) is 5.92 Å². The molecular formula is C11H22N2O3. The summed E-state index contributed by atoms with van der Waals surface area (Å²) in [5.41, 5.74) is 0. The molecule has 0 heterocycles. The third-order valence-electron chi connectivity index (χ3n) is 2.58. The second-order valence-electron chi connectivity index (χ2n) is 4.40. The summed E-state index contributed by atoms with van der Waals surface area (Å²) in [5, 5.41) is 11.3. The van der Waals surface area contributed by atoms with Crippen LogP contribution < -0.4 is 5.32 Å². The van der Waals surface area contributed by atoms with Crippen molar-refractivity contribution < 1.29 is 14.7 Å². The lowest BCUT2D eigenvalue weighted by atomic mass is 10.1. The summed E-state index contributed by atoms with van der Waals surface area (Å²) >= 11 is 0. The van der Waals surface area contributed by atoms with Crippen LogP contribution in [0.2, 0.25) is 0 Å². The number of carbonyl (C=O) groups is 2. The lowest BCUT2D eigenvalue weighted by molar-refractivity contribution is -0.137. The number of carbonyl (C=O) groups excluding carboxylic acids is 1. The molecule has 0 aliphatic heterocycles. The van der Waals surface area contributed by atoms with Crippen molar-refractivity contribution in [1.29, 1.82) is 0 Å². The zero-order valence-corrected chi connectivity index (χ0v) is 10.5. The normalized spacial score (nSPS) is 12.3. The topological polar surface area (TPSA) is 69.6 Å². The van der Waals surface area contributed by atoms with E-state index in [1.165, 1.54) is 4.90 Å². The van der Waals surface area contributed by atoms with Crippen molar-refractivity contribution in [1.82, 2.24) is 10.2 Å². The maximum absolute atomic E-state index is 11.6. The minimum atomic E-state index is -0.829. The van der Waals surface area contributed by atoms with Crippen molar-refractivity contribution in [3.05, 3.63) is 0 Å². The summed E-state index contributed by atoms with van der Waals surface area (Å²) in [7, 11) is 1.67. The van der Waals surface area contributed by atoms with E-state index in [0.717, 1.165) is 0 Å². The highest BCUT2D eigenvalue weighted by molar-refractivity contribution is 5.74. The van der Waals surface area contributed by atoms with E-state index in [4.69, 9.17) is 5.11 Å². The van der Waals surface area contributed by atoms with Crippen LogP contribution in [0.5, 0.6) is 0 Å². The molecule has 5 nitrogen and oxygen atoms in total. The van der Waals surface area contributed by atoms with Crippen LogP contribution in [0.15, 0.2) is 0 Å². The van der Waals surface area contributed by atoms with Gasteiger partial charge in [0.2, 0.25) is 0 Å². The van der Waals surface area contributed by atoms with Crippen LogP contribution in [0.25, 0.3) is 0 Å². The molecule has 0 aliphatic rings. The van der Waals surface area contributed by atoms with E-state index >= 15 is 0 Å². The Morgan fingerprint density at radius 1 is 1.31 bits per heavy atom. The van der Waals surface area contributed by atoms with Gasteiger partial charge in [-0.3, -0.25) is 4.79 Å². The Bertz CT molecular complexity index is 241. The smallest absolute Gasteiger partial charge is 0.317 e. The highest BCUT2D eigenvalue weighted by Gasteiger charge is 2.13. The predicted molar refractivity (Wildman–Crippen MR) is 62.3 cm³/mol. The van der Waals surface area contributed by atoms with Crippen molar-refractivity contribution in [2.24, 2.45) is 5.92 Å². The first-order chi connectivity index (χ1) is 7.34. The molecule has 0 bridgehead atoms. The molecule has 0 aromatic rings. The standard InChI is InChI=1S/C11H22N2O3/c1-8(2)9(3)12-11(16)13(4)7-5-6-10(14)15/h8-9H,5-7H2,1-4H3,(H,12,16)(H,14,15). The molecule has 94 valence electrons. The average molecular weight is 230 g/mol. The van der Waals surface area contributed by atoms with Gasteiger partial charge in [0.1, 0.15) is 0 Å². The number of carboxylic acids is 1. The van der Waals surface area contributed by atoms with Crippen LogP contribution in [-0.2, 0) is 4.79 Å². The summed E-state index contributed by atoms with van der Waals surface area (Å²) in [6.07, 6.45) is 0.576. The first-order valence-electron chi connectivity index (χ1n) is 5.58. The first kappa shape index (κ1) is 14.7. The van der Waals surface area contributed by atoms with Gasteiger partial charge in [-0.2, -0.15) is 0 Å². The van der Waals surface area contributed by atoms with Gasteiger partial charge in [0.25, 0.3) is 0 Å². The van der Waals surface area contributed by atoms with Gasteiger partial charge in [-0.05, 0) is 19.3 Å². The Kier molecular flexibility index (Phi) is 6.53. The van der Waals surface area contributed by atoms with Crippen molar-refractivity contribution in [2.45, 2.75) is 39.7 Å². The van der Waals surface area contributed by atoms with Crippen LogP contribution in [0.3, 0.4) is 0 Å². The molecule has 0 rings (SSSR count). The highest BCUT2D eigenvalue weighted by Crippen LogP contribution is 2.01. The highest BCUT2D eigenvalue weighted by atomic mass is 16.4. The number of nitrogens with zero attached hydrogens (tertiary/aromatic N) is 1. The van der Waals surface area contributed by atoms with E-state index < -0.39 is 5.97 Å². The number of amides is 2. The van der Waals surface area contributed by atoms with Gasteiger partial charge in [-0.25, -0.2) is 4.79 Å². The molecule has 2 amide bonds. The Morgan fingerprint density at radius 2 is 1.88 bits per heavy atom. The fourth-order valence-corrected chi connectivity index (χ4v) is 1.04. The molecule has 0 fully saturated rings. The molecule has 16 heavy (non-hydrogen) atoms. The second-order valence-corrected chi connectivity index (χ2v) is 4.40. The monoisotopic (exact) mass is 230 g/mol. The zero-order valence-electron chi connectivity index (χ0n) is 10.5. The van der Waals surface area contributed by atoms with E-state index in [-0.39, 0.29) is 18.5 Å². The zero-order chi connectivity index (χ0) is 12.7. The minimum Gasteiger partial charge on any atom is -0.481 e. The molecule has 1 unspecified atom stereocenters. The summed E-state index contributed by atoms with van der Waals surface area (Å²) in [6, 6.07) is -0.0268. The van der Waals surface area contributed by atoms with Crippen LogP contribution in [-0.4, -0.2) is 41.6 Å². The predicted octanol–water partition coefficient (Wildman–Crippen LogP) is 1.54. The summed E-state index contributed by atoms with van der Waals surface area (Å²) in [6.45, 7) is 6.49. The van der Waals surface area contributed by atoms with Crippen LogP contribution >= 0.6 is 0 Å². The fraction of sp³-hybridized carbons (Fsp3) is 0.818. The number of nitrogens with one attached hydrogen (secondary N) is 1. The Hall–Kier alpha value is -1.26. The molecular weight excluding hydrogens is 208 g/mol. The molecule has 2 N–H and O–H groups in total. The maximum atomic E-state index is 11.6. The lowest BCUT2D eigenvalue weighted by Crippen LogP contribution is -2.44. The van der Waals surface area contributed by atoms with Crippen molar-refractivity contribution in [3.8, 4) is 0 Å². The van der Waals surface area contributed by atoms with Gasteiger partial charge in [0.05, 0.1) is 0 Å². The first-order valence-corrected chi connectivity index (χ1v) is 5.58. The third-order valence-corrected chi connectivity index (χ3v) is 2.58. The van der Waals surface area contributed by atoms with Crippen LogP contribution in [0.4, 0.5) is 4.79 Å². The number of hydrogen-bond acceptors (Lipinski definition) is 2. The quantitative estimate of drug-likeness (QED) is 0.727. The van der Waals surface area contributed by atoms with E-state index in [0.29, 0.717) is 18.9 Å². The van der Waals surface area contributed by atoms with E-state index in [2.05, 4.69) is 5.32 Å². The molecule has 0 saturated carbocycles. The van der Waals surface area contributed by atoms with Crippen molar-refractivity contribution in [3.63, 3.8) is 0 Å². The molecule has 1 atom stereocenters.